The molecule has 0 saturated heterocycles. The van der Waals surface area contributed by atoms with Crippen molar-refractivity contribution < 1.29 is 19.4 Å². The van der Waals surface area contributed by atoms with E-state index >= 15 is 0 Å². The molecule has 0 radical (unpaired) electrons. The highest BCUT2D eigenvalue weighted by molar-refractivity contribution is 5.77. The summed E-state index contributed by atoms with van der Waals surface area (Å²) in [7, 11) is 3.08. The Balaban J connectivity index is 2.89. The molecule has 1 aromatic carbocycles. The number of amides is 1. The molecule has 0 aliphatic carbocycles. The van der Waals surface area contributed by atoms with Crippen LogP contribution in [0.3, 0.4) is 0 Å². The van der Waals surface area contributed by atoms with Gasteiger partial charge in [0.15, 0.2) is 6.61 Å². The monoisotopic (exact) mass is 239 g/mol. The van der Waals surface area contributed by atoms with E-state index in [4.69, 9.17) is 9.47 Å². The van der Waals surface area contributed by atoms with Crippen LogP contribution in [0, 0.1) is 0 Å². The average molecular weight is 239 g/mol. The number of aliphatic hydroxyl groups is 1. The summed E-state index contributed by atoms with van der Waals surface area (Å²) in [5.74, 6) is 0.827. The van der Waals surface area contributed by atoms with Gasteiger partial charge < -0.3 is 19.9 Å². The van der Waals surface area contributed by atoms with Gasteiger partial charge in [-0.2, -0.15) is 0 Å². The van der Waals surface area contributed by atoms with Crippen LogP contribution in [0.4, 0.5) is 0 Å². The minimum atomic E-state index is -0.666. The molecule has 0 aliphatic rings. The van der Waals surface area contributed by atoms with Crippen LogP contribution in [-0.2, 0) is 4.79 Å². The van der Waals surface area contributed by atoms with Crippen LogP contribution >= 0.6 is 0 Å². The third-order valence-corrected chi connectivity index (χ3v) is 2.31. The summed E-state index contributed by atoms with van der Waals surface area (Å²) in [5.41, 5.74) is 0.620. The van der Waals surface area contributed by atoms with Crippen molar-refractivity contribution >= 4 is 5.91 Å². The maximum atomic E-state index is 11.1. The Hall–Kier alpha value is -1.75. The van der Waals surface area contributed by atoms with Gasteiger partial charge in [-0.1, -0.05) is 0 Å². The van der Waals surface area contributed by atoms with Gasteiger partial charge in [-0.3, -0.25) is 4.79 Å². The normalized spacial score (nSPS) is 11.8. The SMILES string of the molecule is CNC(=O)COc1cc(OC)ccc1[C@H](C)O. The fraction of sp³-hybridized carbons (Fsp3) is 0.417. The van der Waals surface area contributed by atoms with E-state index in [-0.39, 0.29) is 12.5 Å². The zero-order valence-corrected chi connectivity index (χ0v) is 10.2. The van der Waals surface area contributed by atoms with Gasteiger partial charge in [0.2, 0.25) is 0 Å². The number of carbonyl (C=O) groups is 1. The molecular formula is C12H17NO4. The lowest BCUT2D eigenvalue weighted by Crippen LogP contribution is -2.25. The highest BCUT2D eigenvalue weighted by atomic mass is 16.5. The number of benzene rings is 1. The molecule has 0 aliphatic heterocycles. The van der Waals surface area contributed by atoms with E-state index in [9.17, 15) is 9.90 Å². The topological polar surface area (TPSA) is 67.8 Å². The fourth-order valence-corrected chi connectivity index (χ4v) is 1.33. The van der Waals surface area contributed by atoms with E-state index in [2.05, 4.69) is 5.32 Å². The first kappa shape index (κ1) is 13.3. The molecule has 5 heteroatoms. The Morgan fingerprint density at radius 3 is 2.76 bits per heavy atom. The maximum absolute atomic E-state index is 11.1. The summed E-state index contributed by atoms with van der Waals surface area (Å²) in [6, 6.07) is 5.09. The number of hydrogen-bond acceptors (Lipinski definition) is 4. The molecule has 5 nitrogen and oxygen atoms in total. The van der Waals surface area contributed by atoms with Gasteiger partial charge in [-0.25, -0.2) is 0 Å². The van der Waals surface area contributed by atoms with Crippen molar-refractivity contribution in [2.75, 3.05) is 20.8 Å². The average Bonchev–Trinajstić information content (AvgIpc) is 2.35. The zero-order chi connectivity index (χ0) is 12.8. The Morgan fingerprint density at radius 1 is 1.53 bits per heavy atom. The number of ether oxygens (including phenoxy) is 2. The van der Waals surface area contributed by atoms with E-state index in [1.165, 1.54) is 7.05 Å². The first-order valence-corrected chi connectivity index (χ1v) is 5.28. The van der Waals surface area contributed by atoms with Crippen molar-refractivity contribution in [3.8, 4) is 11.5 Å². The van der Waals surface area contributed by atoms with Crippen molar-refractivity contribution in [2.24, 2.45) is 0 Å². The molecule has 1 atom stereocenters. The van der Waals surface area contributed by atoms with E-state index in [0.29, 0.717) is 17.1 Å². The number of hydrogen-bond donors (Lipinski definition) is 2. The number of rotatable bonds is 5. The van der Waals surface area contributed by atoms with Gasteiger partial charge in [-0.15, -0.1) is 0 Å². The largest absolute Gasteiger partial charge is 0.497 e. The number of carbonyl (C=O) groups excluding carboxylic acids is 1. The lowest BCUT2D eigenvalue weighted by Gasteiger charge is -2.14. The van der Waals surface area contributed by atoms with Crippen molar-refractivity contribution in [1.82, 2.24) is 5.32 Å². The first-order valence-electron chi connectivity index (χ1n) is 5.28. The summed E-state index contributed by atoms with van der Waals surface area (Å²) >= 11 is 0. The number of nitrogens with one attached hydrogen (secondary N) is 1. The Labute approximate surface area is 100 Å². The summed E-state index contributed by atoms with van der Waals surface area (Å²) in [6.07, 6.45) is -0.666. The quantitative estimate of drug-likeness (QED) is 0.800. The van der Waals surface area contributed by atoms with Crippen LogP contribution in [0.5, 0.6) is 11.5 Å². The lowest BCUT2D eigenvalue weighted by molar-refractivity contribution is -0.122. The van der Waals surface area contributed by atoms with E-state index in [0.717, 1.165) is 0 Å². The Kier molecular flexibility index (Phi) is 4.78. The predicted octanol–water partition coefficient (Wildman–Crippen LogP) is 0.873. The highest BCUT2D eigenvalue weighted by Crippen LogP contribution is 2.29. The number of likely N-dealkylation sites (N-methyl/N-ethyl adjacent to an activating group) is 1. The van der Waals surface area contributed by atoms with Gasteiger partial charge in [-0.05, 0) is 19.1 Å². The highest BCUT2D eigenvalue weighted by Gasteiger charge is 2.11. The summed E-state index contributed by atoms with van der Waals surface area (Å²) < 4.78 is 10.4. The van der Waals surface area contributed by atoms with Crippen LogP contribution in [0.2, 0.25) is 0 Å². The molecule has 0 unspecified atom stereocenters. The molecule has 94 valence electrons. The molecule has 1 aromatic rings. The van der Waals surface area contributed by atoms with E-state index < -0.39 is 6.10 Å². The molecule has 0 heterocycles. The maximum Gasteiger partial charge on any atom is 0.257 e. The van der Waals surface area contributed by atoms with Gasteiger partial charge in [0, 0.05) is 18.7 Å². The minimum absolute atomic E-state index is 0.0939. The van der Waals surface area contributed by atoms with Gasteiger partial charge >= 0.3 is 0 Å². The minimum Gasteiger partial charge on any atom is -0.497 e. The molecular weight excluding hydrogens is 222 g/mol. The molecule has 0 bridgehead atoms. The van der Waals surface area contributed by atoms with Gasteiger partial charge in [0.25, 0.3) is 5.91 Å². The lowest BCUT2D eigenvalue weighted by atomic mass is 10.1. The first-order chi connectivity index (χ1) is 8.08. The van der Waals surface area contributed by atoms with Crippen LogP contribution in [0.1, 0.15) is 18.6 Å². The molecule has 0 fully saturated rings. The van der Waals surface area contributed by atoms with Gasteiger partial charge in [0.1, 0.15) is 11.5 Å². The predicted molar refractivity (Wildman–Crippen MR) is 63.2 cm³/mol. The third-order valence-electron chi connectivity index (χ3n) is 2.31. The second-order valence-corrected chi connectivity index (χ2v) is 3.54. The standard InChI is InChI=1S/C12H17NO4/c1-8(14)10-5-4-9(16-3)6-11(10)17-7-12(15)13-2/h4-6,8,14H,7H2,1-3H3,(H,13,15)/t8-/m0/s1. The van der Waals surface area contributed by atoms with Crippen LogP contribution < -0.4 is 14.8 Å². The third kappa shape index (κ3) is 3.64. The smallest absolute Gasteiger partial charge is 0.257 e. The molecule has 2 N–H and O–H groups in total. The Bertz CT molecular complexity index is 390. The number of aliphatic hydroxyl groups excluding tert-OH is 1. The molecule has 1 amide bonds. The van der Waals surface area contributed by atoms with Gasteiger partial charge in [0.05, 0.1) is 13.2 Å². The fourth-order valence-electron chi connectivity index (χ4n) is 1.33. The van der Waals surface area contributed by atoms with Crippen LogP contribution in [-0.4, -0.2) is 31.8 Å². The van der Waals surface area contributed by atoms with Crippen molar-refractivity contribution in [3.05, 3.63) is 23.8 Å². The van der Waals surface area contributed by atoms with Crippen molar-refractivity contribution in [2.45, 2.75) is 13.0 Å². The van der Waals surface area contributed by atoms with E-state index in [1.54, 1.807) is 32.2 Å². The second kappa shape index (κ2) is 6.10. The summed E-state index contributed by atoms with van der Waals surface area (Å²) in [4.78, 5) is 11.1. The van der Waals surface area contributed by atoms with Crippen LogP contribution in [0.25, 0.3) is 0 Å². The molecule has 1 rings (SSSR count). The Morgan fingerprint density at radius 2 is 2.24 bits per heavy atom. The van der Waals surface area contributed by atoms with E-state index in [1.807, 2.05) is 0 Å². The number of methoxy groups -OCH3 is 1. The molecule has 0 saturated carbocycles. The summed E-state index contributed by atoms with van der Waals surface area (Å²) in [6.45, 7) is 1.54. The van der Waals surface area contributed by atoms with Crippen molar-refractivity contribution in [3.63, 3.8) is 0 Å². The zero-order valence-electron chi connectivity index (χ0n) is 10.2. The summed E-state index contributed by atoms with van der Waals surface area (Å²) in [5, 5.41) is 12.0. The van der Waals surface area contributed by atoms with Crippen LogP contribution in [0.15, 0.2) is 18.2 Å². The molecule has 0 aromatic heterocycles. The second-order valence-electron chi connectivity index (χ2n) is 3.54. The molecule has 0 spiro atoms. The van der Waals surface area contributed by atoms with Crippen molar-refractivity contribution in [1.29, 1.82) is 0 Å². The molecule has 17 heavy (non-hydrogen) atoms.